The van der Waals surface area contributed by atoms with E-state index in [2.05, 4.69) is 41.5 Å². The summed E-state index contributed by atoms with van der Waals surface area (Å²) < 4.78 is 5.10. The monoisotopic (exact) mass is 479 g/mol. The maximum absolute atomic E-state index is 12.5. The maximum Gasteiger partial charge on any atom is 0.338 e. The molecule has 5 rings (SSSR count). The van der Waals surface area contributed by atoms with Gasteiger partial charge >= 0.3 is 5.97 Å². The molecule has 1 amide bonds. The van der Waals surface area contributed by atoms with Crippen LogP contribution in [0.4, 0.5) is 11.4 Å². The zero-order chi connectivity index (χ0) is 25.2. The van der Waals surface area contributed by atoms with Crippen LogP contribution in [0, 0.1) is 0 Å². The minimum atomic E-state index is -0.324. The molecule has 0 saturated carbocycles. The summed E-state index contributed by atoms with van der Waals surface area (Å²) in [6.45, 7) is 5.85. The molecule has 1 aliphatic rings. The number of benzene rings is 3. The average Bonchev–Trinajstić information content (AvgIpc) is 2.88. The van der Waals surface area contributed by atoms with Crippen LogP contribution < -0.4 is 10.2 Å². The molecule has 6 nitrogen and oxygen atoms in total. The molecule has 3 aromatic carbocycles. The lowest BCUT2D eigenvalue weighted by Gasteiger charge is -2.39. The van der Waals surface area contributed by atoms with Crippen LogP contribution in [0.15, 0.2) is 79.0 Å². The van der Waals surface area contributed by atoms with Crippen LogP contribution in [0.25, 0.3) is 22.0 Å². The molecule has 1 aliphatic heterocycles. The van der Waals surface area contributed by atoms with Gasteiger partial charge in [-0.25, -0.2) is 4.79 Å². The Morgan fingerprint density at radius 3 is 2.56 bits per heavy atom. The highest BCUT2D eigenvalue weighted by Gasteiger charge is 2.32. The minimum Gasteiger partial charge on any atom is -0.462 e. The van der Waals surface area contributed by atoms with E-state index in [1.165, 1.54) is 0 Å². The van der Waals surface area contributed by atoms with Crippen molar-refractivity contribution in [2.24, 2.45) is 0 Å². The first-order valence-corrected chi connectivity index (χ1v) is 12.3. The molecule has 2 heterocycles. The zero-order valence-electron chi connectivity index (χ0n) is 20.7. The number of esters is 1. The van der Waals surface area contributed by atoms with Gasteiger partial charge in [0.15, 0.2) is 0 Å². The molecule has 0 unspecified atom stereocenters. The van der Waals surface area contributed by atoms with Gasteiger partial charge in [-0.1, -0.05) is 24.3 Å². The lowest BCUT2D eigenvalue weighted by atomic mass is 9.88. The number of ether oxygens (including phenoxy) is 1. The molecule has 1 N–H and O–H groups in total. The second-order valence-corrected chi connectivity index (χ2v) is 9.15. The number of carbonyl (C=O) groups is 2. The summed E-state index contributed by atoms with van der Waals surface area (Å²) >= 11 is 0. The Labute approximate surface area is 210 Å². The third-order valence-electron chi connectivity index (χ3n) is 6.69. The second kappa shape index (κ2) is 9.82. The molecule has 6 heteroatoms. The molecular weight excluding hydrogens is 450 g/mol. The summed E-state index contributed by atoms with van der Waals surface area (Å²) in [7, 11) is 0. The molecule has 0 radical (unpaired) electrons. The van der Waals surface area contributed by atoms with Crippen LogP contribution in [0.3, 0.4) is 0 Å². The topological polar surface area (TPSA) is 71.5 Å². The molecule has 0 bridgehead atoms. The number of aromatic nitrogens is 1. The van der Waals surface area contributed by atoms with Crippen molar-refractivity contribution < 1.29 is 14.3 Å². The van der Waals surface area contributed by atoms with Crippen LogP contribution >= 0.6 is 0 Å². The van der Waals surface area contributed by atoms with Gasteiger partial charge in [-0.15, -0.1) is 0 Å². The lowest BCUT2D eigenvalue weighted by molar-refractivity contribution is -0.117. The highest BCUT2D eigenvalue weighted by Crippen LogP contribution is 2.41. The van der Waals surface area contributed by atoms with Crippen molar-refractivity contribution in [3.8, 4) is 11.1 Å². The molecule has 0 aliphatic carbocycles. The minimum absolute atomic E-state index is 0.0264. The van der Waals surface area contributed by atoms with Crippen LogP contribution in [0.2, 0.25) is 0 Å². The third-order valence-corrected chi connectivity index (χ3v) is 6.69. The molecule has 4 aromatic rings. The fraction of sp³-hybridized carbons (Fsp3) is 0.233. The van der Waals surface area contributed by atoms with Gasteiger partial charge in [0, 0.05) is 35.9 Å². The number of rotatable bonds is 5. The van der Waals surface area contributed by atoms with Gasteiger partial charge < -0.3 is 15.0 Å². The first kappa shape index (κ1) is 23.5. The average molecular weight is 480 g/mol. The SMILES string of the molecule is CCOC(=O)c1ccc(-c2ccc3c(c2)[C@H](Nc2ccc4ncccc4c2)C[C@H](C)N3C(C)=O)cc1. The van der Waals surface area contributed by atoms with Gasteiger partial charge in [-0.05, 0) is 85.5 Å². The quantitative estimate of drug-likeness (QED) is 0.337. The Balaban J connectivity index is 1.51. The standard InChI is InChI=1S/C30H29N3O3/c1-4-36-30(35)22-9-7-21(8-10-22)23-11-14-29-26(18-23)28(16-19(2)33(29)20(3)34)32-25-12-13-27-24(17-25)6-5-15-31-27/h5-15,17-19,28,32H,4,16H2,1-3H3/t19-,28+/m0/s1. The van der Waals surface area contributed by atoms with Crippen LogP contribution in [-0.2, 0) is 9.53 Å². The van der Waals surface area contributed by atoms with E-state index in [9.17, 15) is 9.59 Å². The van der Waals surface area contributed by atoms with Gasteiger partial charge in [0.05, 0.1) is 23.7 Å². The number of hydrogen-bond donors (Lipinski definition) is 1. The van der Waals surface area contributed by atoms with Crippen molar-refractivity contribution in [1.29, 1.82) is 0 Å². The third kappa shape index (κ3) is 4.54. The Bertz CT molecular complexity index is 1430. The predicted molar refractivity (Wildman–Crippen MR) is 143 cm³/mol. The Morgan fingerprint density at radius 2 is 1.81 bits per heavy atom. The summed E-state index contributed by atoms with van der Waals surface area (Å²) in [5.74, 6) is -0.291. The first-order valence-electron chi connectivity index (χ1n) is 12.3. The van der Waals surface area contributed by atoms with Crippen molar-refractivity contribution in [1.82, 2.24) is 4.98 Å². The molecule has 2 atom stereocenters. The largest absolute Gasteiger partial charge is 0.462 e. The number of amides is 1. The molecule has 36 heavy (non-hydrogen) atoms. The Kier molecular flexibility index (Phi) is 6.42. The number of carbonyl (C=O) groups excluding carboxylic acids is 2. The molecule has 0 spiro atoms. The van der Waals surface area contributed by atoms with Gasteiger partial charge in [-0.2, -0.15) is 0 Å². The fourth-order valence-electron chi connectivity index (χ4n) is 5.04. The van der Waals surface area contributed by atoms with E-state index in [1.54, 1.807) is 32.2 Å². The van der Waals surface area contributed by atoms with Crippen LogP contribution in [0.1, 0.15) is 49.2 Å². The maximum atomic E-state index is 12.5. The highest BCUT2D eigenvalue weighted by atomic mass is 16.5. The van der Waals surface area contributed by atoms with Crippen molar-refractivity contribution in [2.45, 2.75) is 39.3 Å². The Morgan fingerprint density at radius 1 is 1.03 bits per heavy atom. The van der Waals surface area contributed by atoms with Crippen molar-refractivity contribution in [2.75, 3.05) is 16.8 Å². The van der Waals surface area contributed by atoms with Crippen molar-refractivity contribution >= 4 is 34.2 Å². The van der Waals surface area contributed by atoms with Crippen molar-refractivity contribution in [3.05, 3.63) is 90.1 Å². The Hall–Kier alpha value is -4.19. The summed E-state index contributed by atoms with van der Waals surface area (Å²) in [5, 5.41) is 4.79. The zero-order valence-corrected chi connectivity index (χ0v) is 20.7. The molecular formula is C30H29N3O3. The van der Waals surface area contributed by atoms with Gasteiger partial charge in [-0.3, -0.25) is 9.78 Å². The van der Waals surface area contributed by atoms with E-state index in [0.29, 0.717) is 12.2 Å². The lowest BCUT2D eigenvalue weighted by Crippen LogP contribution is -2.43. The number of fused-ring (bicyclic) bond motifs is 2. The first-order chi connectivity index (χ1) is 17.4. The smallest absolute Gasteiger partial charge is 0.338 e. The molecule has 0 saturated heterocycles. The van der Waals surface area contributed by atoms with E-state index in [4.69, 9.17) is 4.74 Å². The van der Waals surface area contributed by atoms with E-state index < -0.39 is 0 Å². The summed E-state index contributed by atoms with van der Waals surface area (Å²) in [6.07, 6.45) is 2.58. The summed E-state index contributed by atoms with van der Waals surface area (Å²) in [6, 6.07) is 23.9. The predicted octanol–water partition coefficient (Wildman–Crippen LogP) is 6.38. The fourth-order valence-corrected chi connectivity index (χ4v) is 5.04. The second-order valence-electron chi connectivity index (χ2n) is 9.15. The van der Waals surface area contributed by atoms with Gasteiger partial charge in [0.2, 0.25) is 5.91 Å². The number of nitrogens with one attached hydrogen (secondary N) is 1. The van der Waals surface area contributed by atoms with Gasteiger partial charge in [0.25, 0.3) is 0 Å². The van der Waals surface area contributed by atoms with Crippen LogP contribution in [0.5, 0.6) is 0 Å². The number of nitrogens with zero attached hydrogens (tertiary/aromatic N) is 2. The normalized spacial score (nSPS) is 16.9. The number of hydrogen-bond acceptors (Lipinski definition) is 5. The van der Waals surface area contributed by atoms with E-state index in [0.717, 1.165) is 45.4 Å². The van der Waals surface area contributed by atoms with E-state index in [1.807, 2.05) is 41.3 Å². The van der Waals surface area contributed by atoms with Crippen LogP contribution in [-0.4, -0.2) is 29.5 Å². The van der Waals surface area contributed by atoms with Crippen molar-refractivity contribution in [3.63, 3.8) is 0 Å². The molecule has 1 aromatic heterocycles. The molecule has 0 fully saturated rings. The summed E-state index contributed by atoms with van der Waals surface area (Å²) in [4.78, 5) is 30.9. The highest BCUT2D eigenvalue weighted by molar-refractivity contribution is 5.95. The number of pyridine rings is 1. The van der Waals surface area contributed by atoms with Gasteiger partial charge in [0.1, 0.15) is 0 Å². The van der Waals surface area contributed by atoms with E-state index in [-0.39, 0.29) is 24.0 Å². The van der Waals surface area contributed by atoms with E-state index >= 15 is 0 Å². The molecule has 182 valence electrons. The number of anilines is 2. The summed E-state index contributed by atoms with van der Waals surface area (Å²) in [5.41, 5.74) is 6.51.